The topological polar surface area (TPSA) is 66.9 Å². The zero-order valence-corrected chi connectivity index (χ0v) is 18.0. The highest BCUT2D eigenvalue weighted by molar-refractivity contribution is 7.89. The van der Waals surface area contributed by atoms with E-state index in [0.29, 0.717) is 37.7 Å². The van der Waals surface area contributed by atoms with Crippen molar-refractivity contribution in [2.75, 3.05) is 32.8 Å². The molecule has 0 radical (unpaired) electrons. The summed E-state index contributed by atoms with van der Waals surface area (Å²) >= 11 is 0. The van der Waals surface area contributed by atoms with Crippen LogP contribution in [0.2, 0.25) is 0 Å². The van der Waals surface area contributed by atoms with E-state index in [1.54, 1.807) is 11.0 Å². The fourth-order valence-electron chi connectivity index (χ4n) is 3.53. The normalized spacial score (nSPS) is 15.3. The fraction of sp³-hybridized carbons (Fsp3) is 0.409. The molecule has 0 spiro atoms. The number of ether oxygens (including phenoxy) is 1. The predicted molar refractivity (Wildman–Crippen MR) is 113 cm³/mol. The van der Waals surface area contributed by atoms with E-state index < -0.39 is 10.0 Å². The summed E-state index contributed by atoms with van der Waals surface area (Å²) in [6, 6.07) is 13.1. The average Bonchev–Trinajstić information content (AvgIpc) is 2.69. The Morgan fingerprint density at radius 1 is 0.966 bits per heavy atom. The van der Waals surface area contributed by atoms with Crippen LogP contribution in [-0.4, -0.2) is 56.3 Å². The molecule has 0 unspecified atom stereocenters. The zero-order chi connectivity index (χ0) is 21.0. The second-order valence-corrected chi connectivity index (χ2v) is 9.32. The van der Waals surface area contributed by atoms with Gasteiger partial charge in [0.25, 0.3) is 0 Å². The van der Waals surface area contributed by atoms with Crippen molar-refractivity contribution in [1.29, 1.82) is 0 Å². The number of rotatable bonds is 6. The van der Waals surface area contributed by atoms with E-state index in [9.17, 15) is 13.2 Å². The van der Waals surface area contributed by atoms with Gasteiger partial charge in [-0.15, -0.1) is 0 Å². The van der Waals surface area contributed by atoms with Crippen molar-refractivity contribution in [3.05, 3.63) is 59.2 Å². The highest BCUT2D eigenvalue weighted by Gasteiger charge is 2.30. The Balaban J connectivity index is 1.53. The lowest BCUT2D eigenvalue weighted by Gasteiger charge is -2.34. The molecule has 3 rings (SSSR count). The molecule has 0 saturated carbocycles. The van der Waals surface area contributed by atoms with Crippen LogP contribution in [0.1, 0.15) is 23.1 Å². The molecule has 0 atom stereocenters. The van der Waals surface area contributed by atoms with Gasteiger partial charge in [-0.1, -0.05) is 35.9 Å². The van der Waals surface area contributed by atoms with Crippen LogP contribution in [-0.2, 0) is 14.8 Å². The molecule has 0 aromatic heterocycles. The SMILES string of the molecule is Cc1ccc(S(=O)(=O)N2CCN(C(=O)CCOc3ccccc3C)CC2)c(C)c1. The van der Waals surface area contributed by atoms with Crippen molar-refractivity contribution in [3.8, 4) is 5.75 Å². The molecule has 2 aromatic carbocycles. The van der Waals surface area contributed by atoms with Gasteiger partial charge in [-0.25, -0.2) is 8.42 Å². The molecule has 7 heteroatoms. The fourth-order valence-corrected chi connectivity index (χ4v) is 5.16. The number of para-hydroxylation sites is 1. The van der Waals surface area contributed by atoms with E-state index in [-0.39, 0.29) is 12.3 Å². The Labute approximate surface area is 173 Å². The summed E-state index contributed by atoms with van der Waals surface area (Å²) in [5, 5.41) is 0. The van der Waals surface area contributed by atoms with Gasteiger partial charge in [-0.3, -0.25) is 4.79 Å². The van der Waals surface area contributed by atoms with E-state index >= 15 is 0 Å². The summed E-state index contributed by atoms with van der Waals surface area (Å²) in [6.45, 7) is 7.43. The minimum Gasteiger partial charge on any atom is -0.493 e. The molecule has 156 valence electrons. The average molecular weight is 417 g/mol. The van der Waals surface area contributed by atoms with Crippen molar-refractivity contribution in [2.45, 2.75) is 32.1 Å². The highest BCUT2D eigenvalue weighted by atomic mass is 32.2. The predicted octanol–water partition coefficient (Wildman–Crippen LogP) is 2.91. The first-order valence-corrected chi connectivity index (χ1v) is 11.3. The van der Waals surface area contributed by atoms with Gasteiger partial charge in [-0.05, 0) is 44.0 Å². The molecule has 0 N–H and O–H groups in total. The number of amides is 1. The Hall–Kier alpha value is -2.38. The summed E-state index contributed by atoms with van der Waals surface area (Å²) in [6.07, 6.45) is 0.276. The van der Waals surface area contributed by atoms with Gasteiger partial charge in [0, 0.05) is 26.2 Å². The first-order valence-electron chi connectivity index (χ1n) is 9.82. The molecule has 0 aliphatic carbocycles. The number of hydrogen-bond acceptors (Lipinski definition) is 4. The second kappa shape index (κ2) is 8.97. The monoisotopic (exact) mass is 416 g/mol. The standard InChI is InChI=1S/C22H28N2O4S/c1-17-8-9-21(19(3)16-17)29(26,27)24-13-11-23(12-14-24)22(25)10-15-28-20-7-5-4-6-18(20)2/h4-9,16H,10-15H2,1-3H3. The lowest BCUT2D eigenvalue weighted by atomic mass is 10.2. The summed E-state index contributed by atoms with van der Waals surface area (Å²) in [7, 11) is -3.55. The van der Waals surface area contributed by atoms with Crippen LogP contribution >= 0.6 is 0 Å². The van der Waals surface area contributed by atoms with Gasteiger partial charge < -0.3 is 9.64 Å². The third-order valence-corrected chi connectivity index (χ3v) is 7.27. The third-order valence-electron chi connectivity index (χ3n) is 5.21. The van der Waals surface area contributed by atoms with Gasteiger partial charge in [0.15, 0.2) is 0 Å². The Morgan fingerprint density at radius 2 is 1.66 bits per heavy atom. The molecule has 1 heterocycles. The molecule has 6 nitrogen and oxygen atoms in total. The smallest absolute Gasteiger partial charge is 0.243 e. The number of nitrogens with zero attached hydrogens (tertiary/aromatic N) is 2. The summed E-state index contributed by atoms with van der Waals surface area (Å²) in [5.41, 5.74) is 2.81. The Kier molecular flexibility index (Phi) is 6.59. The number of carbonyl (C=O) groups is 1. The van der Waals surface area contributed by atoms with Crippen molar-refractivity contribution in [3.63, 3.8) is 0 Å². The number of benzene rings is 2. The van der Waals surface area contributed by atoms with Crippen LogP contribution < -0.4 is 4.74 Å². The maximum atomic E-state index is 13.0. The lowest BCUT2D eigenvalue weighted by Crippen LogP contribution is -2.50. The van der Waals surface area contributed by atoms with Gasteiger partial charge in [-0.2, -0.15) is 4.31 Å². The van der Waals surface area contributed by atoms with Crippen LogP contribution in [0, 0.1) is 20.8 Å². The summed E-state index contributed by atoms with van der Waals surface area (Å²) < 4.78 is 33.1. The zero-order valence-electron chi connectivity index (χ0n) is 17.2. The molecule has 1 aliphatic heterocycles. The Morgan fingerprint density at radius 3 is 2.31 bits per heavy atom. The van der Waals surface area contributed by atoms with Gasteiger partial charge in [0.2, 0.25) is 15.9 Å². The molecule has 0 bridgehead atoms. The van der Waals surface area contributed by atoms with Crippen LogP contribution in [0.3, 0.4) is 0 Å². The lowest BCUT2D eigenvalue weighted by molar-refractivity contribution is -0.132. The Bertz CT molecular complexity index is 980. The maximum Gasteiger partial charge on any atom is 0.243 e. The number of sulfonamides is 1. The number of carbonyl (C=O) groups excluding carboxylic acids is 1. The molecular weight excluding hydrogens is 388 g/mol. The van der Waals surface area contributed by atoms with E-state index in [2.05, 4.69) is 0 Å². The van der Waals surface area contributed by atoms with Crippen LogP contribution in [0.4, 0.5) is 0 Å². The summed E-state index contributed by atoms with van der Waals surface area (Å²) in [4.78, 5) is 14.5. The van der Waals surface area contributed by atoms with E-state index in [1.165, 1.54) is 4.31 Å². The van der Waals surface area contributed by atoms with Crippen LogP contribution in [0.5, 0.6) is 5.75 Å². The molecule has 29 heavy (non-hydrogen) atoms. The van der Waals surface area contributed by atoms with Crippen molar-refractivity contribution in [1.82, 2.24) is 9.21 Å². The van der Waals surface area contributed by atoms with Gasteiger partial charge in [0.05, 0.1) is 17.9 Å². The molecule has 2 aromatic rings. The third kappa shape index (κ3) is 4.97. The number of piperazine rings is 1. The molecule has 1 saturated heterocycles. The first kappa shape index (κ1) is 21.3. The van der Waals surface area contributed by atoms with E-state index in [1.807, 2.05) is 57.2 Å². The van der Waals surface area contributed by atoms with E-state index in [4.69, 9.17) is 4.74 Å². The van der Waals surface area contributed by atoms with E-state index in [0.717, 1.165) is 22.4 Å². The molecule has 1 aliphatic rings. The van der Waals surface area contributed by atoms with Crippen molar-refractivity contribution < 1.29 is 17.9 Å². The number of hydrogen-bond donors (Lipinski definition) is 0. The minimum atomic E-state index is -3.55. The minimum absolute atomic E-state index is 0.0119. The first-order chi connectivity index (χ1) is 13.8. The number of aryl methyl sites for hydroxylation is 3. The van der Waals surface area contributed by atoms with Crippen LogP contribution in [0.25, 0.3) is 0 Å². The van der Waals surface area contributed by atoms with Crippen LogP contribution in [0.15, 0.2) is 47.4 Å². The molecular formula is C22H28N2O4S. The van der Waals surface area contributed by atoms with Gasteiger partial charge >= 0.3 is 0 Å². The second-order valence-electron chi connectivity index (χ2n) is 7.42. The molecule has 1 amide bonds. The highest BCUT2D eigenvalue weighted by Crippen LogP contribution is 2.22. The van der Waals surface area contributed by atoms with Crippen molar-refractivity contribution >= 4 is 15.9 Å². The van der Waals surface area contributed by atoms with Crippen molar-refractivity contribution in [2.24, 2.45) is 0 Å². The largest absolute Gasteiger partial charge is 0.493 e. The maximum absolute atomic E-state index is 13.0. The summed E-state index contributed by atoms with van der Waals surface area (Å²) in [5.74, 6) is 0.770. The molecule has 1 fully saturated rings. The quantitative estimate of drug-likeness (QED) is 0.726. The van der Waals surface area contributed by atoms with Gasteiger partial charge in [0.1, 0.15) is 5.75 Å².